The molecule has 0 amide bonds. The largest absolute Gasteiger partial charge is 0.350 e. The van der Waals surface area contributed by atoms with E-state index in [0.717, 1.165) is 11.4 Å². The molecule has 0 atom stereocenters. The molecular weight excluding hydrogens is 275 g/mol. The van der Waals surface area contributed by atoms with E-state index in [0.29, 0.717) is 22.9 Å². The number of nitrogens with zero attached hydrogens (tertiary/aromatic N) is 4. The van der Waals surface area contributed by atoms with Crippen molar-refractivity contribution < 1.29 is 0 Å². The highest BCUT2D eigenvalue weighted by atomic mass is 16.1. The third-order valence-corrected chi connectivity index (χ3v) is 3.56. The molecular formula is C16H15BN4O. The fourth-order valence-electron chi connectivity index (χ4n) is 2.40. The number of aromatic nitrogens is 4. The van der Waals surface area contributed by atoms with Gasteiger partial charge in [-0.05, 0) is 12.1 Å². The average molecular weight is 290 g/mol. The number of hydrogen-bond donors (Lipinski definition) is 0. The summed E-state index contributed by atoms with van der Waals surface area (Å²) in [5.41, 5.74) is 2.14. The summed E-state index contributed by atoms with van der Waals surface area (Å²) in [6, 6.07) is 5.58. The second kappa shape index (κ2) is 5.53. The highest BCUT2D eigenvalue weighted by Crippen LogP contribution is 2.13. The van der Waals surface area contributed by atoms with Gasteiger partial charge in [-0.2, -0.15) is 5.10 Å². The SMILES string of the molecule is Bn1c(CC)nc2cccc(C#Cc3cnn(C)c3)c2c1=O. The van der Waals surface area contributed by atoms with Crippen LogP contribution in [-0.4, -0.2) is 27.2 Å². The molecule has 3 aromatic rings. The summed E-state index contributed by atoms with van der Waals surface area (Å²) >= 11 is 0. The Morgan fingerprint density at radius 2 is 2.14 bits per heavy atom. The van der Waals surface area contributed by atoms with E-state index in [4.69, 9.17) is 0 Å². The van der Waals surface area contributed by atoms with Crippen molar-refractivity contribution in [2.24, 2.45) is 7.05 Å². The maximum atomic E-state index is 12.6. The zero-order valence-electron chi connectivity index (χ0n) is 12.8. The van der Waals surface area contributed by atoms with Crippen molar-refractivity contribution in [1.82, 2.24) is 19.2 Å². The fourth-order valence-corrected chi connectivity index (χ4v) is 2.40. The van der Waals surface area contributed by atoms with Crippen molar-refractivity contribution in [3.8, 4) is 11.8 Å². The van der Waals surface area contributed by atoms with Crippen LogP contribution in [0.5, 0.6) is 0 Å². The molecule has 0 saturated carbocycles. The molecule has 0 radical (unpaired) electrons. The van der Waals surface area contributed by atoms with Crippen LogP contribution in [0.2, 0.25) is 0 Å². The first-order valence-electron chi connectivity index (χ1n) is 7.09. The number of rotatable bonds is 1. The third-order valence-electron chi connectivity index (χ3n) is 3.56. The first-order valence-corrected chi connectivity index (χ1v) is 7.09. The van der Waals surface area contributed by atoms with Gasteiger partial charge < -0.3 is 4.48 Å². The van der Waals surface area contributed by atoms with Gasteiger partial charge >= 0.3 is 0 Å². The molecule has 2 aromatic heterocycles. The Kier molecular flexibility index (Phi) is 3.55. The second-order valence-corrected chi connectivity index (χ2v) is 5.10. The van der Waals surface area contributed by atoms with Crippen molar-refractivity contribution in [3.63, 3.8) is 0 Å². The summed E-state index contributed by atoms with van der Waals surface area (Å²) in [5.74, 6) is 6.88. The Bertz CT molecular complexity index is 975. The van der Waals surface area contributed by atoms with E-state index >= 15 is 0 Å². The number of fused-ring (bicyclic) bond motifs is 1. The van der Waals surface area contributed by atoms with Crippen molar-refractivity contribution in [3.05, 3.63) is 57.9 Å². The molecule has 2 heterocycles. The summed E-state index contributed by atoms with van der Waals surface area (Å²) in [5, 5.41) is 4.65. The molecule has 0 spiro atoms. The molecule has 0 unspecified atom stereocenters. The van der Waals surface area contributed by atoms with Gasteiger partial charge in [-0.3, -0.25) is 9.48 Å². The van der Waals surface area contributed by atoms with Crippen LogP contribution >= 0.6 is 0 Å². The van der Waals surface area contributed by atoms with Gasteiger partial charge in [-0.15, -0.1) is 0 Å². The molecule has 0 saturated heterocycles. The molecule has 3 rings (SSSR count). The Labute approximate surface area is 129 Å². The van der Waals surface area contributed by atoms with E-state index in [9.17, 15) is 4.79 Å². The van der Waals surface area contributed by atoms with Gasteiger partial charge in [0.05, 0.1) is 28.5 Å². The average Bonchev–Trinajstić information content (AvgIpc) is 2.94. The lowest BCUT2D eigenvalue weighted by Gasteiger charge is -2.08. The first kappa shape index (κ1) is 14.1. The maximum absolute atomic E-state index is 12.6. The predicted molar refractivity (Wildman–Crippen MR) is 88.5 cm³/mol. The van der Waals surface area contributed by atoms with Crippen LogP contribution in [0.25, 0.3) is 10.9 Å². The second-order valence-electron chi connectivity index (χ2n) is 5.10. The lowest BCUT2D eigenvalue weighted by atomic mass is 10.1. The Morgan fingerprint density at radius 1 is 1.32 bits per heavy atom. The van der Waals surface area contributed by atoms with Crippen LogP contribution in [0.15, 0.2) is 35.4 Å². The Morgan fingerprint density at radius 3 is 2.82 bits per heavy atom. The molecule has 5 nitrogen and oxygen atoms in total. The number of benzene rings is 1. The van der Waals surface area contributed by atoms with Crippen LogP contribution in [-0.2, 0) is 13.5 Å². The summed E-state index contributed by atoms with van der Waals surface area (Å²) in [6.07, 6.45) is 4.25. The van der Waals surface area contributed by atoms with Gasteiger partial charge in [0.15, 0.2) is 0 Å². The fraction of sp³-hybridized carbons (Fsp3) is 0.188. The van der Waals surface area contributed by atoms with E-state index < -0.39 is 0 Å². The van der Waals surface area contributed by atoms with Crippen LogP contribution in [0.3, 0.4) is 0 Å². The molecule has 0 aliphatic carbocycles. The molecule has 6 heteroatoms. The summed E-state index contributed by atoms with van der Waals surface area (Å²) in [4.78, 5) is 17.1. The van der Waals surface area contributed by atoms with E-state index in [-0.39, 0.29) is 5.56 Å². The molecule has 0 bridgehead atoms. The van der Waals surface area contributed by atoms with Gasteiger partial charge in [0.2, 0.25) is 13.5 Å². The highest BCUT2D eigenvalue weighted by Gasteiger charge is 2.09. The van der Waals surface area contributed by atoms with Crippen LogP contribution in [0.4, 0.5) is 0 Å². The Balaban J connectivity index is 2.21. The minimum Gasteiger partial charge on any atom is -0.350 e. The quantitative estimate of drug-likeness (QED) is 0.484. The van der Waals surface area contributed by atoms with Gasteiger partial charge in [-0.1, -0.05) is 24.8 Å². The lowest BCUT2D eigenvalue weighted by Crippen LogP contribution is -2.24. The number of hydrogen-bond acceptors (Lipinski definition) is 3. The minimum atomic E-state index is -0.0575. The predicted octanol–water partition coefficient (Wildman–Crippen LogP) is 0.488. The van der Waals surface area contributed by atoms with E-state index in [1.54, 1.807) is 23.3 Å². The molecule has 0 fully saturated rings. The molecule has 108 valence electrons. The van der Waals surface area contributed by atoms with E-state index in [1.165, 1.54) is 0 Å². The zero-order chi connectivity index (χ0) is 15.7. The van der Waals surface area contributed by atoms with Gasteiger partial charge in [0.25, 0.3) is 0 Å². The summed E-state index contributed by atoms with van der Waals surface area (Å²) in [7, 11) is 3.59. The van der Waals surface area contributed by atoms with Crippen LogP contribution in [0.1, 0.15) is 23.9 Å². The molecule has 1 aromatic carbocycles. The molecule has 0 aliphatic rings. The normalized spacial score (nSPS) is 10.5. The lowest BCUT2D eigenvalue weighted by molar-refractivity contribution is 0.767. The zero-order valence-corrected chi connectivity index (χ0v) is 12.8. The highest BCUT2D eigenvalue weighted by molar-refractivity contribution is 6.07. The minimum absolute atomic E-state index is 0.0575. The molecule has 0 aliphatic heterocycles. The van der Waals surface area contributed by atoms with Crippen LogP contribution in [0, 0.1) is 11.8 Å². The standard InChI is InChI=1S/C16H15BN4O/c1-3-14-19-13-6-4-5-12(15(13)16(22)21(14)17)8-7-11-9-18-20(2)10-11/h4-6,9-10H,3,17H2,1-2H3. The molecule has 22 heavy (non-hydrogen) atoms. The van der Waals surface area contributed by atoms with Crippen molar-refractivity contribution in [2.75, 3.05) is 0 Å². The van der Waals surface area contributed by atoms with Crippen molar-refractivity contribution >= 4 is 18.9 Å². The topological polar surface area (TPSA) is 52.7 Å². The van der Waals surface area contributed by atoms with Gasteiger partial charge in [0.1, 0.15) is 0 Å². The van der Waals surface area contributed by atoms with E-state index in [2.05, 4.69) is 21.9 Å². The van der Waals surface area contributed by atoms with Crippen molar-refractivity contribution in [1.29, 1.82) is 0 Å². The summed E-state index contributed by atoms with van der Waals surface area (Å²) < 4.78 is 3.29. The smallest absolute Gasteiger partial charge is 0.250 e. The first-order chi connectivity index (χ1) is 10.6. The van der Waals surface area contributed by atoms with Crippen molar-refractivity contribution in [2.45, 2.75) is 13.3 Å². The maximum Gasteiger partial charge on any atom is 0.250 e. The molecule has 0 N–H and O–H groups in total. The Hall–Kier alpha value is -2.81. The van der Waals surface area contributed by atoms with Gasteiger partial charge in [-0.25, -0.2) is 4.98 Å². The third kappa shape index (κ3) is 2.42. The van der Waals surface area contributed by atoms with Gasteiger partial charge in [0, 0.05) is 25.2 Å². The van der Waals surface area contributed by atoms with E-state index in [1.807, 2.05) is 38.4 Å². The summed E-state index contributed by atoms with van der Waals surface area (Å²) in [6.45, 7) is 1.99. The monoisotopic (exact) mass is 290 g/mol. The number of aryl methyl sites for hydroxylation is 2. The van der Waals surface area contributed by atoms with Crippen LogP contribution < -0.4 is 5.56 Å².